The Morgan fingerprint density at radius 2 is 1.69 bits per heavy atom. The summed E-state index contributed by atoms with van der Waals surface area (Å²) in [5.41, 5.74) is 0.341. The van der Waals surface area contributed by atoms with E-state index in [2.05, 4.69) is 5.32 Å². The van der Waals surface area contributed by atoms with E-state index in [1.54, 1.807) is 36.7 Å². The highest BCUT2D eigenvalue weighted by atomic mass is 32.2. The van der Waals surface area contributed by atoms with Gasteiger partial charge in [0.25, 0.3) is 0 Å². The summed E-state index contributed by atoms with van der Waals surface area (Å²) in [5.74, 6) is 0.733. The molecule has 1 atom stereocenters. The number of hydrogen-bond acceptors (Lipinski definition) is 5. The van der Waals surface area contributed by atoms with Gasteiger partial charge in [0.2, 0.25) is 15.9 Å². The minimum absolute atomic E-state index is 0.115. The molecule has 1 aliphatic heterocycles. The van der Waals surface area contributed by atoms with Gasteiger partial charge in [0, 0.05) is 37.0 Å². The van der Waals surface area contributed by atoms with Crippen LogP contribution in [0.2, 0.25) is 0 Å². The van der Waals surface area contributed by atoms with Crippen molar-refractivity contribution in [3.05, 3.63) is 18.2 Å². The van der Waals surface area contributed by atoms with Gasteiger partial charge < -0.3 is 14.8 Å². The van der Waals surface area contributed by atoms with Gasteiger partial charge in [0.1, 0.15) is 11.5 Å². The van der Waals surface area contributed by atoms with Crippen molar-refractivity contribution in [2.75, 3.05) is 32.6 Å². The number of methoxy groups -OCH3 is 2. The Hall–Kier alpha value is -1.80. The molecule has 2 saturated carbocycles. The van der Waals surface area contributed by atoms with Gasteiger partial charge in [-0.2, -0.15) is 0 Å². The molecule has 1 heterocycles. The largest absolute Gasteiger partial charge is 0.497 e. The maximum atomic E-state index is 13.3. The maximum absolute atomic E-state index is 13.3. The fraction of sp³-hybridized carbons (Fsp3) is 0.667. The summed E-state index contributed by atoms with van der Waals surface area (Å²) in [6.45, 7) is 0.761. The van der Waals surface area contributed by atoms with Gasteiger partial charge in [0.15, 0.2) is 0 Å². The predicted octanol–water partition coefficient (Wildman–Crippen LogP) is 3.02. The molecule has 2 aliphatic carbocycles. The molecule has 1 spiro atoms. The molecule has 3 fully saturated rings. The second-order valence-corrected chi connectivity index (χ2v) is 10.8. The summed E-state index contributed by atoms with van der Waals surface area (Å²) >= 11 is 0. The molecule has 1 aromatic rings. The molecule has 1 N–H and O–H groups in total. The van der Waals surface area contributed by atoms with Gasteiger partial charge in [0.05, 0.1) is 25.4 Å². The Labute approximate surface area is 172 Å². The van der Waals surface area contributed by atoms with Crippen LogP contribution < -0.4 is 14.8 Å². The number of rotatable bonds is 6. The first-order chi connectivity index (χ1) is 13.9. The van der Waals surface area contributed by atoms with E-state index in [0.29, 0.717) is 23.7 Å². The topological polar surface area (TPSA) is 84.9 Å². The van der Waals surface area contributed by atoms with Crippen LogP contribution in [0.1, 0.15) is 44.9 Å². The summed E-state index contributed by atoms with van der Waals surface area (Å²) < 4.78 is 37.9. The molecule has 7 nitrogen and oxygen atoms in total. The Balaban J connectivity index is 1.58. The van der Waals surface area contributed by atoms with Gasteiger partial charge in [-0.3, -0.25) is 4.79 Å². The zero-order chi connectivity index (χ0) is 20.6. The molecule has 0 bridgehead atoms. The third-order valence-corrected chi connectivity index (χ3v) is 9.02. The first-order valence-corrected chi connectivity index (χ1v) is 11.9. The lowest BCUT2D eigenvalue weighted by Crippen LogP contribution is -2.39. The molecule has 0 aromatic heterocycles. The normalized spacial score (nSPS) is 24.4. The van der Waals surface area contributed by atoms with Crippen LogP contribution in [0, 0.1) is 11.3 Å². The van der Waals surface area contributed by atoms with E-state index in [-0.39, 0.29) is 29.0 Å². The minimum Gasteiger partial charge on any atom is -0.497 e. The van der Waals surface area contributed by atoms with Crippen LogP contribution in [-0.2, 0) is 14.8 Å². The lowest BCUT2D eigenvalue weighted by molar-refractivity contribution is -0.123. The number of anilines is 1. The quantitative estimate of drug-likeness (QED) is 0.762. The fourth-order valence-electron chi connectivity index (χ4n) is 4.93. The van der Waals surface area contributed by atoms with E-state index in [1.807, 2.05) is 0 Å². The first-order valence-electron chi connectivity index (χ1n) is 10.4. The van der Waals surface area contributed by atoms with E-state index in [9.17, 15) is 13.2 Å². The van der Waals surface area contributed by atoms with E-state index < -0.39 is 10.0 Å². The summed E-state index contributed by atoms with van der Waals surface area (Å²) in [4.78, 5) is 13.3. The van der Waals surface area contributed by atoms with Crippen LogP contribution in [0.15, 0.2) is 18.2 Å². The average molecular weight is 423 g/mol. The number of hydrogen-bond donors (Lipinski definition) is 1. The van der Waals surface area contributed by atoms with Crippen molar-refractivity contribution in [1.29, 1.82) is 0 Å². The molecule has 8 heteroatoms. The van der Waals surface area contributed by atoms with E-state index >= 15 is 0 Å². The van der Waals surface area contributed by atoms with Crippen molar-refractivity contribution >= 4 is 21.6 Å². The maximum Gasteiger partial charge on any atom is 0.229 e. The van der Waals surface area contributed by atoms with Crippen molar-refractivity contribution in [3.8, 4) is 11.5 Å². The highest BCUT2D eigenvalue weighted by Gasteiger charge is 2.55. The highest BCUT2D eigenvalue weighted by molar-refractivity contribution is 7.90. The third kappa shape index (κ3) is 3.97. The van der Waals surface area contributed by atoms with Crippen LogP contribution in [0.3, 0.4) is 0 Å². The van der Waals surface area contributed by atoms with Crippen molar-refractivity contribution < 1.29 is 22.7 Å². The Bertz CT molecular complexity index is 853. The van der Waals surface area contributed by atoms with Crippen molar-refractivity contribution in [2.24, 2.45) is 11.3 Å². The van der Waals surface area contributed by atoms with Crippen LogP contribution in [0.4, 0.5) is 5.69 Å². The molecule has 29 heavy (non-hydrogen) atoms. The third-order valence-electron chi connectivity index (χ3n) is 6.71. The SMILES string of the molecule is COc1cc(NC(=O)C2CN(S(=O)(=O)C3CC3)CC23CCCCC3)cc(OC)c1. The van der Waals surface area contributed by atoms with Gasteiger partial charge in [-0.25, -0.2) is 12.7 Å². The number of nitrogens with one attached hydrogen (secondary N) is 1. The Morgan fingerprint density at radius 3 is 2.24 bits per heavy atom. The molecule has 3 aliphatic rings. The smallest absolute Gasteiger partial charge is 0.229 e. The standard InChI is InChI=1S/C21H30N2O5S/c1-27-16-10-15(11-17(12-16)28-2)22-20(24)19-13-23(29(25,26)18-6-7-18)14-21(19)8-4-3-5-9-21/h10-12,18-19H,3-9,13-14H2,1-2H3,(H,22,24). The molecular weight excluding hydrogens is 392 g/mol. The summed E-state index contributed by atoms with van der Waals surface area (Å²) in [6, 6.07) is 5.25. The minimum atomic E-state index is -3.29. The van der Waals surface area contributed by atoms with Crippen molar-refractivity contribution in [2.45, 2.75) is 50.2 Å². The molecule has 4 rings (SSSR count). The number of sulfonamides is 1. The van der Waals surface area contributed by atoms with Gasteiger partial charge in [-0.1, -0.05) is 19.3 Å². The number of carbonyl (C=O) groups is 1. The monoisotopic (exact) mass is 422 g/mol. The molecule has 1 aromatic carbocycles. The number of nitrogens with zero attached hydrogens (tertiary/aromatic N) is 1. The lowest BCUT2D eigenvalue weighted by atomic mass is 9.67. The van der Waals surface area contributed by atoms with Crippen LogP contribution in [0.25, 0.3) is 0 Å². The molecule has 1 unspecified atom stereocenters. The van der Waals surface area contributed by atoms with Crippen LogP contribution in [0.5, 0.6) is 11.5 Å². The van der Waals surface area contributed by atoms with Crippen molar-refractivity contribution in [3.63, 3.8) is 0 Å². The van der Waals surface area contributed by atoms with E-state index in [1.165, 1.54) is 0 Å². The van der Waals surface area contributed by atoms with Gasteiger partial charge >= 0.3 is 0 Å². The molecule has 160 valence electrons. The van der Waals surface area contributed by atoms with Gasteiger partial charge in [-0.15, -0.1) is 0 Å². The average Bonchev–Trinajstić information content (AvgIpc) is 3.52. The van der Waals surface area contributed by atoms with E-state index in [0.717, 1.165) is 44.9 Å². The Kier molecular flexibility index (Phi) is 5.50. The zero-order valence-electron chi connectivity index (χ0n) is 17.1. The van der Waals surface area contributed by atoms with Crippen LogP contribution in [-0.4, -0.2) is 51.2 Å². The van der Waals surface area contributed by atoms with E-state index in [4.69, 9.17) is 9.47 Å². The molecule has 1 amide bonds. The van der Waals surface area contributed by atoms with Crippen molar-refractivity contribution in [1.82, 2.24) is 4.31 Å². The first kappa shape index (κ1) is 20.5. The predicted molar refractivity (Wildman–Crippen MR) is 111 cm³/mol. The highest BCUT2D eigenvalue weighted by Crippen LogP contribution is 2.50. The number of carbonyl (C=O) groups excluding carboxylic acids is 1. The number of ether oxygens (including phenoxy) is 2. The molecule has 1 saturated heterocycles. The summed E-state index contributed by atoms with van der Waals surface area (Å²) in [5, 5.41) is 2.76. The second-order valence-electron chi connectivity index (χ2n) is 8.60. The lowest BCUT2D eigenvalue weighted by Gasteiger charge is -2.37. The number of amides is 1. The molecule has 0 radical (unpaired) electrons. The fourth-order valence-corrected chi connectivity index (χ4v) is 6.87. The number of benzene rings is 1. The zero-order valence-corrected chi connectivity index (χ0v) is 18.0. The van der Waals surface area contributed by atoms with Crippen LogP contribution >= 0.6 is 0 Å². The second kappa shape index (κ2) is 7.80. The summed E-state index contributed by atoms with van der Waals surface area (Å²) in [6.07, 6.45) is 6.55. The van der Waals surface area contributed by atoms with Gasteiger partial charge in [-0.05, 0) is 31.1 Å². The Morgan fingerprint density at radius 1 is 1.07 bits per heavy atom. The summed E-state index contributed by atoms with van der Waals surface area (Å²) in [7, 11) is -0.159. The molecular formula is C21H30N2O5S.